The van der Waals surface area contributed by atoms with Crippen LogP contribution in [0.25, 0.3) is 66.1 Å². The standard InChI is InChI=1S/C32H25N3O8S.C32H25N3O7S.C32H25N3O6S.C2H4O2/c36-31(37)27(34-32(38)43-18-25-21-11-3-1-9-19(21)20-10-2-4-12-22(20)25)17-24-23-13-5-6-14-26(23)33-30(24)44(41,42)29-16-8-7-15-28(29)35(39)40;36-31(37)27(34-32(38)42-18-25-21-11-3-1-9-19(21)20-10-2-4-12-22(20)25)17-24-23-13-5-6-14-26(23)33-30(24)43(41)29-16-8-7-15-28(29)35(39)40;36-31(37)27(34-32(38)41-18-25-21-11-3-1-9-19(21)20-10-2-4-12-22(20)25)17-24-23-13-5-6-14-26(23)33-30(24)42-29-16-8-7-15-28(29)35(39)40;1-2(3)4/h1-16,25,27,33H,17-18H2,(H,34,38)(H,36,37);1-16,25,27,33H,17-18H2,(H,34,38)(H,36,37);1-16,25,27,33H,17-18H2,(H,34,38)(H,36,37);1H3,(H,3,4). The third kappa shape index (κ3) is 19.8. The van der Waals surface area contributed by atoms with Gasteiger partial charge >= 0.3 is 36.2 Å². The normalized spacial score (nSPS) is 13.0. The molecule has 12 aromatic carbocycles. The third-order valence-corrected chi connectivity index (χ3v) is 27.1. The van der Waals surface area contributed by atoms with Crippen molar-refractivity contribution in [3.05, 3.63) is 372 Å². The van der Waals surface area contributed by atoms with Crippen LogP contribution in [0.4, 0.5) is 31.4 Å². The number of benzene rings is 12. The first-order valence-corrected chi connectivity index (χ1v) is 44.6. The number of carbonyl (C=O) groups is 7. The van der Waals surface area contributed by atoms with Crippen LogP contribution in [0.2, 0.25) is 0 Å². The molecule has 3 heterocycles. The Morgan fingerprint density at radius 1 is 0.391 bits per heavy atom. The van der Waals surface area contributed by atoms with Gasteiger partial charge in [0.2, 0.25) is 9.84 Å². The average molecular weight is 1850 g/mol. The summed E-state index contributed by atoms with van der Waals surface area (Å²) in [6.07, 6.45) is -3.48. The number of nitro benzene ring substituents is 3. The number of aromatic amines is 3. The number of nitrogens with one attached hydrogen (secondary N) is 6. The average Bonchev–Trinajstić information content (AvgIpc) is 1.62. The van der Waals surface area contributed by atoms with E-state index in [-0.39, 0.29) is 77.3 Å². The van der Waals surface area contributed by atoms with Crippen molar-refractivity contribution < 1.29 is 95.6 Å². The molecule has 3 aliphatic carbocycles. The second kappa shape index (κ2) is 40.1. The highest BCUT2D eigenvalue weighted by Crippen LogP contribution is 2.49. The van der Waals surface area contributed by atoms with E-state index in [1.165, 1.54) is 36.4 Å². The molecule has 0 aliphatic heterocycles. The second-order valence-electron chi connectivity index (χ2n) is 30.7. The van der Waals surface area contributed by atoms with Crippen molar-refractivity contribution in [2.24, 2.45) is 0 Å². The molecule has 133 heavy (non-hydrogen) atoms. The van der Waals surface area contributed by atoms with Crippen LogP contribution in [0.5, 0.6) is 0 Å². The number of H-pyrrole nitrogens is 3. The maximum atomic E-state index is 13.8. The van der Waals surface area contributed by atoms with E-state index in [9.17, 15) is 87.1 Å². The van der Waals surface area contributed by atoms with Crippen molar-refractivity contribution in [2.45, 2.75) is 91.8 Å². The third-order valence-electron chi connectivity index (χ3n) is 22.7. The number of ether oxygens (including phenoxy) is 3. The zero-order chi connectivity index (χ0) is 93.9. The van der Waals surface area contributed by atoms with Gasteiger partial charge < -0.3 is 65.5 Å². The van der Waals surface area contributed by atoms with Gasteiger partial charge in [-0.1, -0.05) is 248 Å². The summed E-state index contributed by atoms with van der Waals surface area (Å²) >= 11 is 1.15. The highest BCUT2D eigenvalue weighted by molar-refractivity contribution is 7.99. The summed E-state index contributed by atoms with van der Waals surface area (Å²) in [5.74, 6) is -5.41. The molecule has 0 fully saturated rings. The zero-order valence-electron chi connectivity index (χ0n) is 70.0. The van der Waals surface area contributed by atoms with E-state index in [1.807, 2.05) is 170 Å². The van der Waals surface area contributed by atoms with Gasteiger partial charge in [0.15, 0.2) is 4.90 Å². The van der Waals surface area contributed by atoms with E-state index in [2.05, 4.69) is 30.9 Å². The van der Waals surface area contributed by atoms with Crippen LogP contribution >= 0.6 is 11.8 Å². The minimum absolute atomic E-state index is 0.00618. The van der Waals surface area contributed by atoms with Gasteiger partial charge in [-0.2, -0.15) is 0 Å². The number of amides is 3. The number of rotatable bonds is 27. The molecule has 3 amide bonds. The van der Waals surface area contributed by atoms with E-state index in [0.717, 1.165) is 108 Å². The molecule has 0 saturated heterocycles. The number of aliphatic carboxylic acids is 4. The second-order valence-corrected chi connectivity index (χ2v) is 35.0. The van der Waals surface area contributed by atoms with Gasteiger partial charge in [0.25, 0.3) is 23.0 Å². The molecule has 3 aromatic heterocycles. The van der Waals surface area contributed by atoms with E-state index < -0.39 is 118 Å². The fourth-order valence-corrected chi connectivity index (χ4v) is 20.9. The molecule has 10 N–H and O–H groups in total. The van der Waals surface area contributed by atoms with Gasteiger partial charge in [-0.05, 0) is 120 Å². The van der Waals surface area contributed by atoms with E-state index in [0.29, 0.717) is 42.9 Å². The number of aromatic nitrogens is 3. The Balaban J connectivity index is 0.000000149. The summed E-state index contributed by atoms with van der Waals surface area (Å²) in [5.41, 5.74) is 14.2. The number of nitro groups is 3. The van der Waals surface area contributed by atoms with Crippen molar-refractivity contribution in [1.29, 1.82) is 0 Å². The number of para-hydroxylation sites is 6. The molecule has 32 nitrogen and oxygen atoms in total. The summed E-state index contributed by atoms with van der Waals surface area (Å²) in [6.45, 7) is 1.10. The molecule has 4 unspecified atom stereocenters. The van der Waals surface area contributed by atoms with Gasteiger partial charge in [0.05, 0.1) is 24.7 Å². The number of carboxylic acid groups (broad SMARTS) is 4. The number of hydrogen-bond acceptors (Lipinski definition) is 20. The van der Waals surface area contributed by atoms with E-state index >= 15 is 0 Å². The summed E-state index contributed by atoms with van der Waals surface area (Å²) in [6, 6.07) is 80.6. The van der Waals surface area contributed by atoms with Crippen LogP contribution in [0, 0.1) is 30.3 Å². The van der Waals surface area contributed by atoms with Gasteiger partial charge in [0, 0.05) is 94.8 Å². The molecule has 672 valence electrons. The fraction of sp³-hybridized carbons (Fsp3) is 0.133. The lowest BCUT2D eigenvalue weighted by Gasteiger charge is -2.18. The molecule has 18 rings (SSSR count). The maximum absolute atomic E-state index is 13.8. The van der Waals surface area contributed by atoms with Gasteiger partial charge in [-0.3, -0.25) is 35.1 Å². The molecule has 0 spiro atoms. The molecule has 0 bridgehead atoms. The zero-order valence-corrected chi connectivity index (χ0v) is 72.5. The Hall–Kier alpha value is -16.4. The Morgan fingerprint density at radius 2 is 0.692 bits per heavy atom. The Labute approximate surface area is 762 Å². The lowest BCUT2D eigenvalue weighted by molar-refractivity contribution is -0.388. The smallest absolute Gasteiger partial charge is 0.407 e. The summed E-state index contributed by atoms with van der Waals surface area (Å²) in [7, 11) is -6.57. The van der Waals surface area contributed by atoms with Crippen molar-refractivity contribution in [3.63, 3.8) is 0 Å². The number of carbonyl (C=O) groups excluding carboxylic acids is 3. The number of hydrogen-bond donors (Lipinski definition) is 10. The lowest BCUT2D eigenvalue weighted by Crippen LogP contribution is -2.43. The summed E-state index contributed by atoms with van der Waals surface area (Å²) < 4.78 is 57.9. The Bertz CT molecular complexity index is 7120. The summed E-state index contributed by atoms with van der Waals surface area (Å²) in [4.78, 5) is 127. The van der Waals surface area contributed by atoms with Crippen LogP contribution in [0.15, 0.2) is 321 Å². The maximum Gasteiger partial charge on any atom is 0.407 e. The minimum Gasteiger partial charge on any atom is -0.481 e. The van der Waals surface area contributed by atoms with Gasteiger partial charge in [-0.15, -0.1) is 0 Å². The van der Waals surface area contributed by atoms with Crippen LogP contribution in [0.3, 0.4) is 0 Å². The predicted octanol–water partition coefficient (Wildman–Crippen LogP) is 18.1. The molecule has 3 aliphatic rings. The highest BCUT2D eigenvalue weighted by atomic mass is 32.2. The Morgan fingerprint density at radius 3 is 1.09 bits per heavy atom. The van der Waals surface area contributed by atoms with E-state index in [4.69, 9.17) is 24.1 Å². The minimum atomic E-state index is -4.52. The van der Waals surface area contributed by atoms with Crippen LogP contribution < -0.4 is 16.0 Å². The first-order valence-electron chi connectivity index (χ1n) is 41.2. The molecule has 4 atom stereocenters. The van der Waals surface area contributed by atoms with Crippen LogP contribution in [-0.2, 0) is 73.3 Å². The monoisotopic (exact) mass is 1850 g/mol. The SMILES string of the molecule is CC(=O)O.O=C(NC(Cc1c(S(=O)(=O)c2ccccc2[N+](=O)[O-])[nH]c2ccccc12)C(=O)O)OCC1c2ccccc2-c2ccccc21.O=C(NC(Cc1c(S(=O)c2ccccc2[N+](=O)[O-])[nH]c2ccccc12)C(=O)O)OCC1c2ccccc2-c2ccccc21.O=C(NC(Cc1c(Sc2ccccc2[N+](=O)[O-])[nH]c2ccccc12)C(=O)O)OCC1c2ccccc2-c2ccccc21. The van der Waals surface area contributed by atoms with Crippen molar-refractivity contribution >= 4 is 124 Å². The fourth-order valence-electron chi connectivity index (χ4n) is 16.8. The predicted molar refractivity (Wildman–Crippen MR) is 492 cm³/mol. The summed E-state index contributed by atoms with van der Waals surface area (Å²) in [5, 5.41) is 81.8. The topological polar surface area (TPSA) is 492 Å². The molecular formula is C98H79N9O23S3. The van der Waals surface area contributed by atoms with Crippen molar-refractivity contribution in [3.8, 4) is 33.4 Å². The number of alkyl carbamates (subject to hydrolysis) is 3. The molecule has 35 heteroatoms. The highest BCUT2D eigenvalue weighted by Gasteiger charge is 2.39. The first kappa shape index (κ1) is 91.4. The quantitative estimate of drug-likeness (QED) is 0.0130. The number of sulfone groups is 1. The van der Waals surface area contributed by atoms with Crippen molar-refractivity contribution in [1.82, 2.24) is 30.9 Å². The van der Waals surface area contributed by atoms with Gasteiger partial charge in [0.1, 0.15) is 63.7 Å². The largest absolute Gasteiger partial charge is 0.481 e. The van der Waals surface area contributed by atoms with Gasteiger partial charge in [-0.25, -0.2) is 41.4 Å². The van der Waals surface area contributed by atoms with Crippen LogP contribution in [-0.4, -0.2) is 143 Å². The number of carboxylic acids is 4. The molecular weight excluding hydrogens is 1770 g/mol. The Kier molecular flexibility index (Phi) is 27.5. The molecule has 0 saturated carbocycles. The first-order chi connectivity index (χ1) is 64.1. The number of nitrogens with zero attached hydrogens (tertiary/aromatic N) is 3. The van der Waals surface area contributed by atoms with Crippen LogP contribution in [0.1, 0.15) is 74.7 Å². The van der Waals surface area contributed by atoms with E-state index in [1.54, 1.807) is 72.8 Å². The molecule has 0 radical (unpaired) electrons. The van der Waals surface area contributed by atoms with Crippen molar-refractivity contribution in [2.75, 3.05) is 19.8 Å². The molecule has 15 aromatic rings. The number of fused-ring (bicyclic) bond motifs is 12. The lowest BCUT2D eigenvalue weighted by atomic mass is 9.98.